The lowest BCUT2D eigenvalue weighted by Crippen LogP contribution is -2.29. The molecule has 1 fully saturated rings. The highest BCUT2D eigenvalue weighted by Crippen LogP contribution is 2.22. The Morgan fingerprint density at radius 3 is 2.95 bits per heavy atom. The molecule has 0 aliphatic carbocycles. The number of nitro groups is 1. The molecule has 1 atom stereocenters. The van der Waals surface area contributed by atoms with Gasteiger partial charge < -0.3 is 10.1 Å². The third-order valence-corrected chi connectivity index (χ3v) is 3.66. The van der Waals surface area contributed by atoms with Crippen molar-refractivity contribution in [1.29, 1.82) is 0 Å². The van der Waals surface area contributed by atoms with E-state index in [1.54, 1.807) is 0 Å². The van der Waals surface area contributed by atoms with Crippen LogP contribution in [-0.2, 0) is 4.74 Å². The predicted octanol–water partition coefficient (Wildman–Crippen LogP) is 2.94. The molecule has 2 rings (SSSR count). The number of ether oxygens (including phenoxy) is 1. The molecule has 1 aliphatic heterocycles. The quantitative estimate of drug-likeness (QED) is 0.669. The summed E-state index contributed by atoms with van der Waals surface area (Å²) in [6.07, 6.45) is 4.08. The van der Waals surface area contributed by atoms with Crippen molar-refractivity contribution < 1.29 is 14.5 Å². The number of halogens is 1. The third-order valence-electron chi connectivity index (χ3n) is 3.43. The Morgan fingerprint density at radius 1 is 1.48 bits per heavy atom. The second kappa shape index (κ2) is 7.38. The summed E-state index contributed by atoms with van der Waals surface area (Å²) in [6, 6.07) is 3.94. The van der Waals surface area contributed by atoms with Gasteiger partial charge in [-0.05, 0) is 37.8 Å². The smallest absolute Gasteiger partial charge is 0.282 e. The zero-order chi connectivity index (χ0) is 15.2. The van der Waals surface area contributed by atoms with Gasteiger partial charge in [0.15, 0.2) is 0 Å². The molecule has 1 aliphatic rings. The number of hydrogen-bond acceptors (Lipinski definition) is 4. The molecule has 1 unspecified atom stereocenters. The van der Waals surface area contributed by atoms with E-state index in [9.17, 15) is 14.9 Å². The molecule has 7 heteroatoms. The average Bonchev–Trinajstić information content (AvgIpc) is 2.47. The van der Waals surface area contributed by atoms with E-state index >= 15 is 0 Å². The van der Waals surface area contributed by atoms with E-state index in [4.69, 9.17) is 16.3 Å². The van der Waals surface area contributed by atoms with Crippen molar-refractivity contribution in [2.24, 2.45) is 0 Å². The van der Waals surface area contributed by atoms with Crippen LogP contribution in [0.2, 0.25) is 5.02 Å². The maximum atomic E-state index is 12.0. The van der Waals surface area contributed by atoms with Crippen molar-refractivity contribution >= 4 is 23.2 Å². The SMILES string of the molecule is O=C(NCCC1CCCCO1)c1cc(Cl)ccc1[N+](=O)[O-]. The first-order valence-corrected chi connectivity index (χ1v) is 7.29. The fourth-order valence-electron chi connectivity index (χ4n) is 2.33. The van der Waals surface area contributed by atoms with Crippen LogP contribution in [-0.4, -0.2) is 30.1 Å². The first-order chi connectivity index (χ1) is 10.1. The molecule has 0 spiro atoms. The van der Waals surface area contributed by atoms with E-state index in [1.165, 1.54) is 18.2 Å². The maximum Gasteiger partial charge on any atom is 0.282 e. The number of nitrogens with zero attached hydrogens (tertiary/aromatic N) is 1. The van der Waals surface area contributed by atoms with Crippen LogP contribution in [0.4, 0.5) is 5.69 Å². The number of nitro benzene ring substituents is 1. The van der Waals surface area contributed by atoms with E-state index in [-0.39, 0.29) is 17.4 Å². The highest BCUT2D eigenvalue weighted by atomic mass is 35.5. The van der Waals surface area contributed by atoms with Gasteiger partial charge in [-0.15, -0.1) is 0 Å². The molecule has 1 saturated heterocycles. The minimum absolute atomic E-state index is 0.0166. The Morgan fingerprint density at radius 2 is 2.29 bits per heavy atom. The van der Waals surface area contributed by atoms with Gasteiger partial charge in [-0.25, -0.2) is 0 Å². The second-order valence-corrected chi connectivity index (χ2v) is 5.39. The zero-order valence-corrected chi connectivity index (χ0v) is 12.3. The molecule has 0 radical (unpaired) electrons. The summed E-state index contributed by atoms with van der Waals surface area (Å²) < 4.78 is 5.57. The van der Waals surface area contributed by atoms with E-state index in [1.807, 2.05) is 0 Å². The molecule has 114 valence electrons. The highest BCUT2D eigenvalue weighted by Gasteiger charge is 2.21. The van der Waals surface area contributed by atoms with Crippen LogP contribution in [0.1, 0.15) is 36.0 Å². The summed E-state index contributed by atoms with van der Waals surface area (Å²) in [5.41, 5.74) is -0.261. The number of rotatable bonds is 5. The van der Waals surface area contributed by atoms with Gasteiger partial charge in [0.05, 0.1) is 11.0 Å². The number of benzene rings is 1. The number of carbonyl (C=O) groups excluding carboxylic acids is 1. The molecule has 0 aromatic heterocycles. The summed E-state index contributed by atoms with van der Waals surface area (Å²) in [5.74, 6) is -0.486. The standard InChI is InChI=1S/C14H17ClN2O4/c15-10-4-5-13(17(19)20)12(9-10)14(18)16-7-6-11-3-1-2-8-21-11/h4-5,9,11H,1-3,6-8H2,(H,16,18). The molecule has 0 saturated carbocycles. The van der Waals surface area contributed by atoms with Gasteiger partial charge in [0.25, 0.3) is 11.6 Å². The molecule has 1 N–H and O–H groups in total. The van der Waals surface area contributed by atoms with Crippen LogP contribution >= 0.6 is 11.6 Å². The van der Waals surface area contributed by atoms with Gasteiger partial charge in [-0.1, -0.05) is 11.6 Å². The molecule has 21 heavy (non-hydrogen) atoms. The number of carbonyl (C=O) groups is 1. The van der Waals surface area contributed by atoms with E-state index in [0.717, 1.165) is 25.9 Å². The van der Waals surface area contributed by atoms with Gasteiger partial charge in [0, 0.05) is 24.2 Å². The van der Waals surface area contributed by atoms with Crippen molar-refractivity contribution in [3.05, 3.63) is 38.9 Å². The lowest BCUT2D eigenvalue weighted by molar-refractivity contribution is -0.385. The summed E-state index contributed by atoms with van der Waals surface area (Å²) >= 11 is 5.80. The molecule has 0 bridgehead atoms. The van der Waals surface area contributed by atoms with Gasteiger partial charge in [0.2, 0.25) is 0 Å². The van der Waals surface area contributed by atoms with Gasteiger partial charge in [-0.3, -0.25) is 14.9 Å². The largest absolute Gasteiger partial charge is 0.378 e. The fourth-order valence-corrected chi connectivity index (χ4v) is 2.50. The first-order valence-electron chi connectivity index (χ1n) is 6.91. The van der Waals surface area contributed by atoms with Crippen LogP contribution in [0.25, 0.3) is 0 Å². The Balaban J connectivity index is 1.93. The second-order valence-electron chi connectivity index (χ2n) is 4.95. The maximum absolute atomic E-state index is 12.0. The van der Waals surface area contributed by atoms with Crippen LogP contribution in [0.5, 0.6) is 0 Å². The third kappa shape index (κ3) is 4.41. The molecule has 6 nitrogen and oxygen atoms in total. The van der Waals surface area contributed by atoms with Crippen molar-refractivity contribution in [3.63, 3.8) is 0 Å². The van der Waals surface area contributed by atoms with Crippen LogP contribution in [0.3, 0.4) is 0 Å². The lowest BCUT2D eigenvalue weighted by Gasteiger charge is -2.22. The number of amides is 1. The predicted molar refractivity (Wildman–Crippen MR) is 78.6 cm³/mol. The Bertz CT molecular complexity index is 530. The molecule has 1 aromatic carbocycles. The Hall–Kier alpha value is -1.66. The molecule has 1 heterocycles. The van der Waals surface area contributed by atoms with Crippen molar-refractivity contribution in [1.82, 2.24) is 5.32 Å². The van der Waals surface area contributed by atoms with Crippen LogP contribution in [0.15, 0.2) is 18.2 Å². The van der Waals surface area contributed by atoms with E-state index < -0.39 is 10.8 Å². The van der Waals surface area contributed by atoms with Gasteiger partial charge in [0.1, 0.15) is 5.56 Å². The van der Waals surface area contributed by atoms with Gasteiger partial charge >= 0.3 is 0 Å². The molecule has 1 amide bonds. The monoisotopic (exact) mass is 312 g/mol. The van der Waals surface area contributed by atoms with Crippen LogP contribution < -0.4 is 5.32 Å². The number of nitrogens with one attached hydrogen (secondary N) is 1. The summed E-state index contributed by atoms with van der Waals surface area (Å²) in [4.78, 5) is 22.4. The summed E-state index contributed by atoms with van der Waals surface area (Å²) in [7, 11) is 0. The molecule has 1 aromatic rings. The average molecular weight is 313 g/mol. The van der Waals surface area contributed by atoms with Crippen molar-refractivity contribution in [2.45, 2.75) is 31.8 Å². The Kier molecular flexibility index (Phi) is 5.52. The summed E-state index contributed by atoms with van der Waals surface area (Å²) in [5, 5.41) is 13.9. The molecular weight excluding hydrogens is 296 g/mol. The Labute approximate surface area is 127 Å². The molecular formula is C14H17ClN2O4. The number of hydrogen-bond donors (Lipinski definition) is 1. The minimum atomic E-state index is -0.588. The van der Waals surface area contributed by atoms with E-state index in [2.05, 4.69) is 5.32 Å². The first kappa shape index (κ1) is 15.7. The topological polar surface area (TPSA) is 81.5 Å². The van der Waals surface area contributed by atoms with Crippen molar-refractivity contribution in [3.8, 4) is 0 Å². The van der Waals surface area contributed by atoms with Crippen molar-refractivity contribution in [2.75, 3.05) is 13.2 Å². The normalized spacial score (nSPS) is 18.2. The summed E-state index contributed by atoms with van der Waals surface area (Å²) in [6.45, 7) is 1.19. The fraction of sp³-hybridized carbons (Fsp3) is 0.500. The van der Waals surface area contributed by atoms with E-state index in [0.29, 0.717) is 18.0 Å². The zero-order valence-electron chi connectivity index (χ0n) is 11.5. The minimum Gasteiger partial charge on any atom is -0.378 e. The van der Waals surface area contributed by atoms with Crippen LogP contribution in [0, 0.1) is 10.1 Å². The van der Waals surface area contributed by atoms with Gasteiger partial charge in [-0.2, -0.15) is 0 Å². The lowest BCUT2D eigenvalue weighted by atomic mass is 10.1. The highest BCUT2D eigenvalue weighted by molar-refractivity contribution is 6.31.